The van der Waals surface area contributed by atoms with E-state index in [0.29, 0.717) is 13.2 Å². The summed E-state index contributed by atoms with van der Waals surface area (Å²) in [6, 6.07) is 6.54. The number of carbonyl (C=O) groups excluding carboxylic acids is 1. The number of benzene rings is 1. The van der Waals surface area contributed by atoms with E-state index >= 15 is 0 Å². The molecule has 0 radical (unpaired) electrons. The topological polar surface area (TPSA) is 72.5 Å². The summed E-state index contributed by atoms with van der Waals surface area (Å²) in [5.74, 6) is -0.301. The van der Waals surface area contributed by atoms with Crippen LogP contribution in [-0.2, 0) is 25.9 Å². The lowest BCUT2D eigenvalue weighted by Gasteiger charge is -2.05. The van der Waals surface area contributed by atoms with Crippen molar-refractivity contribution in [3.63, 3.8) is 0 Å². The predicted molar refractivity (Wildman–Crippen MR) is 67.9 cm³/mol. The summed E-state index contributed by atoms with van der Waals surface area (Å²) in [7, 11) is -3.16. The molecule has 0 aliphatic heterocycles. The van der Waals surface area contributed by atoms with Gasteiger partial charge in [0.15, 0.2) is 9.84 Å². The predicted octanol–water partition coefficient (Wildman–Crippen LogP) is 0.743. The van der Waals surface area contributed by atoms with Gasteiger partial charge in [-0.3, -0.25) is 4.79 Å². The van der Waals surface area contributed by atoms with Gasteiger partial charge in [-0.05, 0) is 24.6 Å². The second kappa shape index (κ2) is 6.51. The van der Waals surface area contributed by atoms with Gasteiger partial charge < -0.3 is 10.1 Å². The van der Waals surface area contributed by atoms with E-state index < -0.39 is 9.84 Å². The first kappa shape index (κ1) is 14.7. The van der Waals surface area contributed by atoms with E-state index in [9.17, 15) is 13.2 Å². The van der Waals surface area contributed by atoms with Crippen LogP contribution in [-0.4, -0.2) is 33.8 Å². The Bertz CT molecular complexity index is 493. The maximum absolute atomic E-state index is 11.2. The largest absolute Gasteiger partial charge is 0.465 e. The van der Waals surface area contributed by atoms with Crippen molar-refractivity contribution in [2.45, 2.75) is 18.4 Å². The highest BCUT2D eigenvalue weighted by molar-refractivity contribution is 7.90. The highest BCUT2D eigenvalue weighted by Crippen LogP contribution is 2.09. The lowest BCUT2D eigenvalue weighted by Crippen LogP contribution is -2.24. The quantitative estimate of drug-likeness (QED) is 0.773. The van der Waals surface area contributed by atoms with E-state index in [0.717, 1.165) is 5.56 Å². The molecule has 0 saturated heterocycles. The maximum atomic E-state index is 11.2. The van der Waals surface area contributed by atoms with Crippen molar-refractivity contribution in [3.8, 4) is 0 Å². The van der Waals surface area contributed by atoms with Crippen LogP contribution in [0, 0.1) is 0 Å². The van der Waals surface area contributed by atoms with Gasteiger partial charge in [-0.25, -0.2) is 8.42 Å². The van der Waals surface area contributed by atoms with Crippen LogP contribution in [0.4, 0.5) is 0 Å². The highest BCUT2D eigenvalue weighted by Gasteiger charge is 2.06. The summed E-state index contributed by atoms with van der Waals surface area (Å²) in [5, 5.41) is 2.92. The number of sulfone groups is 1. The number of nitrogens with one attached hydrogen (secondary N) is 1. The summed E-state index contributed by atoms with van der Waals surface area (Å²) in [5.41, 5.74) is 0.909. The Balaban J connectivity index is 2.47. The van der Waals surface area contributed by atoms with Crippen molar-refractivity contribution < 1.29 is 17.9 Å². The molecule has 0 spiro atoms. The van der Waals surface area contributed by atoms with Gasteiger partial charge in [0.1, 0.15) is 0 Å². The van der Waals surface area contributed by atoms with E-state index in [1.165, 1.54) is 6.26 Å². The summed E-state index contributed by atoms with van der Waals surface area (Å²) >= 11 is 0. The Hall–Kier alpha value is -1.40. The van der Waals surface area contributed by atoms with Crippen LogP contribution in [0.5, 0.6) is 0 Å². The fourth-order valence-electron chi connectivity index (χ4n) is 1.38. The van der Waals surface area contributed by atoms with E-state index in [4.69, 9.17) is 4.74 Å². The Morgan fingerprint density at radius 2 is 1.89 bits per heavy atom. The Kier molecular flexibility index (Phi) is 5.30. The monoisotopic (exact) mass is 271 g/mol. The first-order valence-electron chi connectivity index (χ1n) is 5.59. The third-order valence-electron chi connectivity index (χ3n) is 2.26. The van der Waals surface area contributed by atoms with Gasteiger partial charge in [-0.15, -0.1) is 0 Å². The second-order valence-corrected chi connectivity index (χ2v) is 5.84. The number of carbonyl (C=O) groups is 1. The smallest absolute Gasteiger partial charge is 0.319 e. The molecule has 1 N–H and O–H groups in total. The molecule has 0 amide bonds. The second-order valence-electron chi connectivity index (χ2n) is 3.82. The van der Waals surface area contributed by atoms with Gasteiger partial charge in [-0.1, -0.05) is 12.1 Å². The molecule has 0 fully saturated rings. The molecule has 0 atom stereocenters. The lowest BCUT2D eigenvalue weighted by molar-refractivity contribution is -0.142. The molecule has 0 heterocycles. The molecule has 0 aromatic heterocycles. The molecule has 18 heavy (non-hydrogen) atoms. The molecule has 1 aromatic rings. The van der Waals surface area contributed by atoms with E-state index in [-0.39, 0.29) is 17.4 Å². The molecule has 0 unspecified atom stereocenters. The van der Waals surface area contributed by atoms with Gasteiger partial charge >= 0.3 is 5.97 Å². The molecule has 0 bridgehead atoms. The zero-order valence-electron chi connectivity index (χ0n) is 10.5. The van der Waals surface area contributed by atoms with E-state index in [2.05, 4.69) is 5.32 Å². The van der Waals surface area contributed by atoms with Crippen molar-refractivity contribution in [2.75, 3.05) is 19.4 Å². The summed E-state index contributed by atoms with van der Waals surface area (Å²) in [6.45, 7) is 2.75. The van der Waals surface area contributed by atoms with Crippen LogP contribution in [0.15, 0.2) is 29.2 Å². The standard InChI is InChI=1S/C12H17NO4S/c1-3-17-12(14)9-13-8-10-4-6-11(7-5-10)18(2,15)16/h4-7,13H,3,8-9H2,1-2H3. The minimum absolute atomic E-state index is 0.141. The first-order chi connectivity index (χ1) is 8.43. The van der Waals surface area contributed by atoms with Gasteiger partial charge in [0, 0.05) is 12.8 Å². The molecule has 6 heteroatoms. The SMILES string of the molecule is CCOC(=O)CNCc1ccc(S(C)(=O)=O)cc1. The molecule has 0 aliphatic rings. The van der Waals surface area contributed by atoms with Crippen LogP contribution in [0.1, 0.15) is 12.5 Å². The van der Waals surface area contributed by atoms with Crippen LogP contribution >= 0.6 is 0 Å². The Morgan fingerprint density at radius 1 is 1.28 bits per heavy atom. The van der Waals surface area contributed by atoms with Gasteiger partial charge in [0.05, 0.1) is 18.0 Å². The van der Waals surface area contributed by atoms with E-state index in [1.54, 1.807) is 31.2 Å². The molecule has 1 rings (SSSR count). The lowest BCUT2D eigenvalue weighted by atomic mass is 10.2. The fraction of sp³-hybridized carbons (Fsp3) is 0.417. The molecule has 100 valence electrons. The number of hydrogen-bond acceptors (Lipinski definition) is 5. The summed E-state index contributed by atoms with van der Waals surface area (Å²) in [4.78, 5) is 11.3. The van der Waals surface area contributed by atoms with Crippen LogP contribution in [0.2, 0.25) is 0 Å². The fourth-order valence-corrected chi connectivity index (χ4v) is 2.01. The van der Waals surface area contributed by atoms with Crippen molar-refractivity contribution >= 4 is 15.8 Å². The third-order valence-corrected chi connectivity index (χ3v) is 3.38. The number of hydrogen-bond donors (Lipinski definition) is 1. The normalized spacial score (nSPS) is 11.2. The maximum Gasteiger partial charge on any atom is 0.319 e. The molecule has 1 aromatic carbocycles. The van der Waals surface area contributed by atoms with E-state index in [1.807, 2.05) is 0 Å². The van der Waals surface area contributed by atoms with Crippen LogP contribution in [0.3, 0.4) is 0 Å². The van der Waals surface area contributed by atoms with Gasteiger partial charge in [0.2, 0.25) is 0 Å². The molecule has 5 nitrogen and oxygen atoms in total. The summed E-state index contributed by atoms with van der Waals surface area (Å²) < 4.78 is 27.2. The number of rotatable bonds is 6. The zero-order chi connectivity index (χ0) is 13.6. The van der Waals surface area contributed by atoms with Gasteiger partial charge in [-0.2, -0.15) is 0 Å². The minimum atomic E-state index is -3.16. The first-order valence-corrected chi connectivity index (χ1v) is 7.48. The molecular formula is C12H17NO4S. The van der Waals surface area contributed by atoms with Crippen LogP contribution in [0.25, 0.3) is 0 Å². The average molecular weight is 271 g/mol. The highest BCUT2D eigenvalue weighted by atomic mass is 32.2. The Morgan fingerprint density at radius 3 is 2.39 bits per heavy atom. The molecular weight excluding hydrogens is 254 g/mol. The molecule has 0 aliphatic carbocycles. The third kappa shape index (κ3) is 4.85. The Labute approximate surface area is 107 Å². The number of esters is 1. The number of ether oxygens (including phenoxy) is 1. The zero-order valence-corrected chi connectivity index (χ0v) is 11.3. The minimum Gasteiger partial charge on any atom is -0.465 e. The van der Waals surface area contributed by atoms with Gasteiger partial charge in [0.25, 0.3) is 0 Å². The van der Waals surface area contributed by atoms with Crippen molar-refractivity contribution in [2.24, 2.45) is 0 Å². The van der Waals surface area contributed by atoms with Crippen molar-refractivity contribution in [1.82, 2.24) is 5.32 Å². The van der Waals surface area contributed by atoms with Crippen molar-refractivity contribution in [1.29, 1.82) is 0 Å². The average Bonchev–Trinajstić information content (AvgIpc) is 2.29. The summed E-state index contributed by atoms with van der Waals surface area (Å²) in [6.07, 6.45) is 1.17. The molecule has 0 saturated carbocycles. The van der Waals surface area contributed by atoms with Crippen molar-refractivity contribution in [3.05, 3.63) is 29.8 Å². The van der Waals surface area contributed by atoms with Crippen LogP contribution < -0.4 is 5.32 Å².